The Balaban J connectivity index is 1.40. The lowest BCUT2D eigenvalue weighted by atomic mass is 9.94. The fourth-order valence-corrected chi connectivity index (χ4v) is 5.97. The van der Waals surface area contributed by atoms with Gasteiger partial charge in [0, 0.05) is 25.2 Å². The number of halogens is 1. The number of imidazole rings is 1. The monoisotopic (exact) mass is 624 g/mol. The van der Waals surface area contributed by atoms with E-state index in [9.17, 15) is 4.79 Å². The number of carbonyl (C=O) groups is 1. The summed E-state index contributed by atoms with van der Waals surface area (Å²) < 4.78 is 7.91. The highest BCUT2D eigenvalue weighted by Gasteiger charge is 2.23. The highest BCUT2D eigenvalue weighted by atomic mass is 127. The molecule has 1 unspecified atom stereocenters. The van der Waals surface area contributed by atoms with Crippen LogP contribution in [0.1, 0.15) is 64.2 Å². The molecule has 194 valence electrons. The van der Waals surface area contributed by atoms with Gasteiger partial charge in [0.05, 0.1) is 13.0 Å². The number of aromatic nitrogens is 4. The van der Waals surface area contributed by atoms with Gasteiger partial charge in [0.1, 0.15) is 12.1 Å². The Morgan fingerprint density at radius 1 is 1.17 bits per heavy atom. The summed E-state index contributed by atoms with van der Waals surface area (Å²) in [7, 11) is 2.13. The standard InChI is InChI=1S/C25H34IN6O3P/c1-31(19-9-5-4-6-10-19)23-22-24(32(36-26)17-27-22)30-25(29-23)28-18-12-14-20(15-13-18)35-16-8-3-2-7-11-21(33)34/h12-15,17,19,36H,2-11,16H2,1H3,(H,33,34)(H,28,29,30). The molecule has 0 aliphatic heterocycles. The van der Waals surface area contributed by atoms with E-state index in [4.69, 9.17) is 19.8 Å². The van der Waals surface area contributed by atoms with Gasteiger partial charge in [-0.2, -0.15) is 9.97 Å². The van der Waals surface area contributed by atoms with E-state index in [1.54, 1.807) is 0 Å². The number of hydrogen-bond acceptors (Lipinski definition) is 7. The zero-order valence-electron chi connectivity index (χ0n) is 20.6. The maximum atomic E-state index is 10.6. The molecule has 1 saturated carbocycles. The van der Waals surface area contributed by atoms with Crippen LogP contribution in [0.4, 0.5) is 17.5 Å². The van der Waals surface area contributed by atoms with Crippen molar-refractivity contribution < 1.29 is 14.6 Å². The second-order valence-electron chi connectivity index (χ2n) is 9.20. The van der Waals surface area contributed by atoms with Crippen molar-refractivity contribution in [3.63, 3.8) is 0 Å². The lowest BCUT2D eigenvalue weighted by molar-refractivity contribution is -0.137. The average molecular weight is 624 g/mol. The van der Waals surface area contributed by atoms with Gasteiger partial charge < -0.3 is 20.1 Å². The van der Waals surface area contributed by atoms with Crippen LogP contribution in [-0.2, 0) is 4.79 Å². The summed E-state index contributed by atoms with van der Waals surface area (Å²) >= 11 is 2.35. The third-order valence-corrected chi connectivity index (χ3v) is 8.66. The minimum atomic E-state index is -0.728. The first-order valence-corrected chi connectivity index (χ1v) is 16.7. The molecule has 0 bridgehead atoms. The Bertz CT molecular complexity index is 1140. The lowest BCUT2D eigenvalue weighted by Gasteiger charge is -2.32. The lowest BCUT2D eigenvalue weighted by Crippen LogP contribution is -2.34. The molecule has 0 spiro atoms. The second kappa shape index (κ2) is 13.4. The molecule has 9 nitrogen and oxygen atoms in total. The molecule has 1 fully saturated rings. The number of nitrogens with zero attached hydrogens (tertiary/aromatic N) is 5. The van der Waals surface area contributed by atoms with Crippen molar-refractivity contribution in [2.45, 2.75) is 70.3 Å². The minimum absolute atomic E-state index is 0.241. The van der Waals surface area contributed by atoms with Gasteiger partial charge >= 0.3 is 5.97 Å². The molecule has 0 saturated heterocycles. The van der Waals surface area contributed by atoms with Crippen LogP contribution in [0, 0.1) is 0 Å². The number of carboxylic acids is 1. The minimum Gasteiger partial charge on any atom is -0.494 e. The number of nitrogens with one attached hydrogen (secondary N) is 1. The number of fused-ring (bicyclic) bond motifs is 1. The van der Waals surface area contributed by atoms with Crippen molar-refractivity contribution in [1.29, 1.82) is 0 Å². The Labute approximate surface area is 226 Å². The normalized spacial score (nSPS) is 14.5. The van der Waals surface area contributed by atoms with Crippen LogP contribution in [0.3, 0.4) is 0 Å². The van der Waals surface area contributed by atoms with Crippen LogP contribution in [-0.4, -0.2) is 50.1 Å². The highest BCUT2D eigenvalue weighted by molar-refractivity contribution is 14.2. The molecule has 1 aliphatic carbocycles. The Morgan fingerprint density at radius 3 is 2.64 bits per heavy atom. The SMILES string of the molecule is CN(c1nc(Nc2ccc(OCCCCCCC(=O)O)cc2)nc2c1ncn2PI)C1CCCCC1. The summed E-state index contributed by atoms with van der Waals surface area (Å²) in [6.45, 7) is 0.623. The molecule has 2 N–H and O–H groups in total. The Morgan fingerprint density at radius 2 is 1.92 bits per heavy atom. The van der Waals surface area contributed by atoms with Crippen molar-refractivity contribution in [2.75, 3.05) is 23.9 Å². The molecule has 0 radical (unpaired) electrons. The van der Waals surface area contributed by atoms with Crippen molar-refractivity contribution in [3.8, 4) is 5.75 Å². The molecular formula is C25H34IN6O3P. The van der Waals surface area contributed by atoms with E-state index in [-0.39, 0.29) is 6.42 Å². The number of aliphatic carboxylic acids is 1. The van der Waals surface area contributed by atoms with Gasteiger partial charge in [-0.15, -0.1) is 0 Å². The number of benzene rings is 1. The molecule has 3 aromatic rings. The topological polar surface area (TPSA) is 105 Å². The maximum absolute atomic E-state index is 10.6. The third-order valence-electron chi connectivity index (χ3n) is 6.59. The number of anilines is 3. The maximum Gasteiger partial charge on any atom is 0.303 e. The van der Waals surface area contributed by atoms with E-state index in [2.05, 4.69) is 48.6 Å². The molecule has 1 aliphatic rings. The first kappa shape index (κ1) is 26.9. The number of rotatable bonds is 13. The quantitative estimate of drug-likeness (QED) is 0.126. The Kier molecular flexibility index (Phi) is 9.98. The van der Waals surface area contributed by atoms with E-state index in [0.717, 1.165) is 54.1 Å². The van der Waals surface area contributed by atoms with Gasteiger partial charge in [-0.05, 0) is 72.0 Å². The summed E-state index contributed by atoms with van der Waals surface area (Å²) in [6.07, 6.45) is 12.3. The second-order valence-corrected chi connectivity index (χ2v) is 11.3. The number of hydrogen-bond donors (Lipinski definition) is 2. The fourth-order valence-electron chi connectivity index (χ4n) is 4.58. The highest BCUT2D eigenvalue weighted by Crippen LogP contribution is 2.34. The van der Waals surface area contributed by atoms with E-state index in [1.165, 1.54) is 32.1 Å². The van der Waals surface area contributed by atoms with Gasteiger partial charge in [-0.3, -0.25) is 9.13 Å². The van der Waals surface area contributed by atoms with Gasteiger partial charge in [-0.25, -0.2) is 4.98 Å². The predicted molar refractivity (Wildman–Crippen MR) is 154 cm³/mol. The molecule has 36 heavy (non-hydrogen) atoms. The van der Waals surface area contributed by atoms with Crippen molar-refractivity contribution in [3.05, 3.63) is 30.6 Å². The largest absolute Gasteiger partial charge is 0.494 e. The van der Waals surface area contributed by atoms with E-state index in [1.807, 2.05) is 30.6 Å². The van der Waals surface area contributed by atoms with Gasteiger partial charge in [0.15, 0.2) is 17.0 Å². The van der Waals surface area contributed by atoms with E-state index in [0.29, 0.717) is 25.0 Å². The van der Waals surface area contributed by atoms with Gasteiger partial charge in [-0.1, -0.05) is 32.1 Å². The molecule has 1 aromatic carbocycles. The predicted octanol–water partition coefficient (Wildman–Crippen LogP) is 6.54. The van der Waals surface area contributed by atoms with E-state index < -0.39 is 5.97 Å². The molecule has 4 rings (SSSR count). The molecule has 2 heterocycles. The smallest absolute Gasteiger partial charge is 0.303 e. The summed E-state index contributed by atoms with van der Waals surface area (Å²) in [5.74, 6) is 1.52. The van der Waals surface area contributed by atoms with Crippen LogP contribution in [0.5, 0.6) is 5.75 Å². The van der Waals surface area contributed by atoms with Crippen LogP contribution in [0.25, 0.3) is 11.2 Å². The van der Waals surface area contributed by atoms with E-state index >= 15 is 0 Å². The van der Waals surface area contributed by atoms with Gasteiger partial charge in [0.2, 0.25) is 5.95 Å². The van der Waals surface area contributed by atoms with Crippen molar-refractivity contribution in [2.24, 2.45) is 0 Å². The van der Waals surface area contributed by atoms with Crippen LogP contribution < -0.4 is 15.0 Å². The molecule has 1 atom stereocenters. The van der Waals surface area contributed by atoms with Crippen molar-refractivity contribution in [1.82, 2.24) is 19.3 Å². The van der Waals surface area contributed by atoms with Crippen LogP contribution in [0.2, 0.25) is 0 Å². The zero-order chi connectivity index (χ0) is 25.3. The molecular weight excluding hydrogens is 590 g/mol. The average Bonchev–Trinajstić information content (AvgIpc) is 3.31. The number of unbranched alkanes of at least 4 members (excludes halogenated alkanes) is 3. The Hall–Kier alpha value is -2.20. The zero-order valence-corrected chi connectivity index (χ0v) is 23.8. The van der Waals surface area contributed by atoms with Crippen LogP contribution in [0.15, 0.2) is 30.6 Å². The molecule has 0 amide bonds. The third kappa shape index (κ3) is 7.18. The fraction of sp³-hybridized carbons (Fsp3) is 0.520. The summed E-state index contributed by atoms with van der Waals surface area (Å²) in [5.41, 5.74) is 2.59. The summed E-state index contributed by atoms with van der Waals surface area (Å²) in [4.78, 5) is 27.2. The molecule has 2 aromatic heterocycles. The molecule has 11 heteroatoms. The number of carboxylic acid groups (broad SMARTS) is 1. The summed E-state index contributed by atoms with van der Waals surface area (Å²) in [5, 5.41) is 12.1. The van der Waals surface area contributed by atoms with Crippen molar-refractivity contribution >= 4 is 63.0 Å². The van der Waals surface area contributed by atoms with Gasteiger partial charge in [0.25, 0.3) is 0 Å². The summed E-state index contributed by atoms with van der Waals surface area (Å²) in [6, 6.07) is 8.30. The number of ether oxygens (including phenoxy) is 1. The first-order chi connectivity index (χ1) is 17.5. The van der Waals surface area contributed by atoms with Crippen LogP contribution >= 0.6 is 28.4 Å². The first-order valence-electron chi connectivity index (χ1n) is 12.6.